The zero-order valence-electron chi connectivity index (χ0n) is 6.77. The number of rotatable bonds is 1. The van der Waals surface area contributed by atoms with E-state index in [0.717, 1.165) is 18.8 Å². The van der Waals surface area contributed by atoms with Gasteiger partial charge in [-0.15, -0.1) is 0 Å². The van der Waals surface area contributed by atoms with E-state index in [1.165, 1.54) is 0 Å². The van der Waals surface area contributed by atoms with Crippen LogP contribution in [0.4, 0.5) is 5.82 Å². The van der Waals surface area contributed by atoms with Crippen LogP contribution in [0.2, 0.25) is 0 Å². The van der Waals surface area contributed by atoms with E-state index in [4.69, 9.17) is 0 Å². The highest BCUT2D eigenvalue weighted by atomic mass is 16.3. The molecular weight excluding hydrogens is 152 g/mol. The van der Waals surface area contributed by atoms with Gasteiger partial charge in [0.1, 0.15) is 5.82 Å². The summed E-state index contributed by atoms with van der Waals surface area (Å²) in [5.41, 5.74) is 0. The first-order valence-corrected chi connectivity index (χ1v) is 4.11. The largest absolute Gasteiger partial charge is 0.391 e. The Morgan fingerprint density at radius 2 is 2.58 bits per heavy atom. The summed E-state index contributed by atoms with van der Waals surface area (Å²) in [6, 6.07) is 6.62. The molecule has 1 radical (unpaired) electrons. The second-order valence-electron chi connectivity index (χ2n) is 3.00. The van der Waals surface area contributed by atoms with E-state index in [2.05, 4.69) is 16.0 Å². The molecule has 1 fully saturated rings. The van der Waals surface area contributed by atoms with Crippen molar-refractivity contribution in [1.82, 2.24) is 4.98 Å². The van der Waals surface area contributed by atoms with Crippen LogP contribution in [0.1, 0.15) is 6.42 Å². The fourth-order valence-corrected chi connectivity index (χ4v) is 1.45. The Balaban J connectivity index is 2.11. The van der Waals surface area contributed by atoms with Crippen molar-refractivity contribution in [3.63, 3.8) is 0 Å². The molecule has 1 atom stereocenters. The highest BCUT2D eigenvalue weighted by Crippen LogP contribution is 2.16. The maximum Gasteiger partial charge on any atom is 0.128 e. The average Bonchev–Trinajstić information content (AvgIpc) is 2.54. The maximum absolute atomic E-state index is 9.28. The number of nitrogens with zero attached hydrogens (tertiary/aromatic N) is 2. The molecule has 1 aliphatic heterocycles. The predicted molar refractivity (Wildman–Crippen MR) is 45.9 cm³/mol. The summed E-state index contributed by atoms with van der Waals surface area (Å²) in [4.78, 5) is 6.24. The molecule has 1 saturated heterocycles. The van der Waals surface area contributed by atoms with Gasteiger partial charge in [-0.3, -0.25) is 0 Å². The first-order valence-electron chi connectivity index (χ1n) is 4.11. The van der Waals surface area contributed by atoms with Crippen molar-refractivity contribution in [1.29, 1.82) is 0 Å². The molecule has 2 heterocycles. The van der Waals surface area contributed by atoms with Crippen LogP contribution in [0.5, 0.6) is 0 Å². The zero-order chi connectivity index (χ0) is 8.39. The molecule has 0 spiro atoms. The van der Waals surface area contributed by atoms with Gasteiger partial charge >= 0.3 is 0 Å². The monoisotopic (exact) mass is 163 g/mol. The lowest BCUT2D eigenvalue weighted by atomic mass is 10.3. The van der Waals surface area contributed by atoms with Gasteiger partial charge in [0.15, 0.2) is 0 Å². The number of β-amino-alcohol motifs (C(OH)–C–C–N with tert-alkyl or cyclic N) is 1. The summed E-state index contributed by atoms with van der Waals surface area (Å²) in [7, 11) is 0. The van der Waals surface area contributed by atoms with Crippen LogP contribution in [0.25, 0.3) is 0 Å². The van der Waals surface area contributed by atoms with Gasteiger partial charge in [-0.1, -0.05) is 0 Å². The van der Waals surface area contributed by atoms with Crippen LogP contribution < -0.4 is 4.90 Å². The molecular formula is C9H11N2O. The molecule has 63 valence electrons. The van der Waals surface area contributed by atoms with E-state index in [9.17, 15) is 5.11 Å². The fourth-order valence-electron chi connectivity index (χ4n) is 1.45. The standard InChI is InChI=1S/C9H11N2O/c12-8-4-6-11(7-8)9-3-1-2-5-10-9/h1,3,5,8,12H,4,6-7H2/t8-/m1/s1. The summed E-state index contributed by atoms with van der Waals surface area (Å²) < 4.78 is 0. The molecule has 3 heteroatoms. The van der Waals surface area contributed by atoms with E-state index < -0.39 is 0 Å². The minimum absolute atomic E-state index is 0.184. The predicted octanol–water partition coefficient (Wildman–Crippen LogP) is 0.453. The van der Waals surface area contributed by atoms with Crippen molar-refractivity contribution in [3.05, 3.63) is 24.4 Å². The fraction of sp³-hybridized carbons (Fsp3) is 0.444. The highest BCUT2D eigenvalue weighted by Gasteiger charge is 2.20. The summed E-state index contributed by atoms with van der Waals surface area (Å²) in [5, 5.41) is 9.28. The van der Waals surface area contributed by atoms with Gasteiger partial charge in [-0.05, 0) is 18.6 Å². The Morgan fingerprint density at radius 3 is 3.17 bits per heavy atom. The lowest BCUT2D eigenvalue weighted by Crippen LogP contribution is -2.21. The smallest absolute Gasteiger partial charge is 0.128 e. The number of aliphatic hydroxyl groups is 1. The van der Waals surface area contributed by atoms with Gasteiger partial charge < -0.3 is 10.0 Å². The van der Waals surface area contributed by atoms with Crippen LogP contribution in [-0.2, 0) is 0 Å². The molecule has 12 heavy (non-hydrogen) atoms. The van der Waals surface area contributed by atoms with E-state index in [1.807, 2.05) is 12.1 Å². The highest BCUT2D eigenvalue weighted by molar-refractivity contribution is 5.38. The first kappa shape index (κ1) is 7.55. The van der Waals surface area contributed by atoms with Crippen molar-refractivity contribution in [3.8, 4) is 0 Å². The molecule has 1 aromatic rings. The molecule has 2 rings (SSSR count). The second-order valence-corrected chi connectivity index (χ2v) is 3.00. The van der Waals surface area contributed by atoms with Crippen molar-refractivity contribution in [2.75, 3.05) is 18.0 Å². The van der Waals surface area contributed by atoms with Crippen LogP contribution in [0.3, 0.4) is 0 Å². The van der Waals surface area contributed by atoms with E-state index >= 15 is 0 Å². The van der Waals surface area contributed by atoms with Crippen LogP contribution >= 0.6 is 0 Å². The minimum atomic E-state index is -0.184. The molecule has 0 aliphatic carbocycles. The lowest BCUT2D eigenvalue weighted by Gasteiger charge is -2.15. The molecule has 0 aromatic carbocycles. The van der Waals surface area contributed by atoms with Gasteiger partial charge in [-0.2, -0.15) is 0 Å². The number of hydrogen-bond donors (Lipinski definition) is 1. The molecule has 0 bridgehead atoms. The summed E-state index contributed by atoms with van der Waals surface area (Å²) in [5.74, 6) is 0.935. The van der Waals surface area contributed by atoms with Crippen molar-refractivity contribution in [2.45, 2.75) is 12.5 Å². The average molecular weight is 163 g/mol. The molecule has 0 unspecified atom stereocenters. The molecule has 3 nitrogen and oxygen atoms in total. The SMILES string of the molecule is O[C@@H]1CCN(c2cc[c]cn2)C1. The van der Waals surface area contributed by atoms with E-state index in [-0.39, 0.29) is 6.10 Å². The summed E-state index contributed by atoms with van der Waals surface area (Å²) in [6.45, 7) is 1.61. The summed E-state index contributed by atoms with van der Waals surface area (Å²) >= 11 is 0. The van der Waals surface area contributed by atoms with E-state index in [0.29, 0.717) is 6.54 Å². The van der Waals surface area contributed by atoms with Crippen molar-refractivity contribution in [2.24, 2.45) is 0 Å². The Kier molecular flexibility index (Phi) is 1.96. The topological polar surface area (TPSA) is 36.4 Å². The first-order chi connectivity index (χ1) is 5.86. The summed E-state index contributed by atoms with van der Waals surface area (Å²) in [6.07, 6.45) is 2.32. The molecule has 1 aromatic heterocycles. The van der Waals surface area contributed by atoms with Crippen LogP contribution in [0, 0.1) is 6.07 Å². The molecule has 1 N–H and O–H groups in total. The quantitative estimate of drug-likeness (QED) is 0.653. The Bertz CT molecular complexity index is 250. The van der Waals surface area contributed by atoms with Gasteiger partial charge in [0.05, 0.1) is 6.10 Å². The lowest BCUT2D eigenvalue weighted by molar-refractivity contribution is 0.198. The Labute approximate surface area is 71.7 Å². The normalized spacial score (nSPS) is 23.1. The third-order valence-corrected chi connectivity index (χ3v) is 2.09. The van der Waals surface area contributed by atoms with Gasteiger partial charge in [-0.25, -0.2) is 4.98 Å². The third-order valence-electron chi connectivity index (χ3n) is 2.09. The number of aromatic nitrogens is 1. The number of pyridine rings is 1. The molecule has 0 saturated carbocycles. The van der Waals surface area contributed by atoms with Crippen LogP contribution in [0.15, 0.2) is 18.3 Å². The van der Waals surface area contributed by atoms with Gasteiger partial charge in [0.25, 0.3) is 0 Å². The minimum Gasteiger partial charge on any atom is -0.391 e. The van der Waals surface area contributed by atoms with Gasteiger partial charge in [0.2, 0.25) is 0 Å². The molecule has 0 amide bonds. The van der Waals surface area contributed by atoms with E-state index in [1.54, 1.807) is 6.20 Å². The van der Waals surface area contributed by atoms with Crippen molar-refractivity contribution >= 4 is 5.82 Å². The second kappa shape index (κ2) is 3.11. The van der Waals surface area contributed by atoms with Crippen molar-refractivity contribution < 1.29 is 5.11 Å². The number of hydrogen-bond acceptors (Lipinski definition) is 3. The molecule has 1 aliphatic rings. The number of anilines is 1. The Hall–Kier alpha value is -1.09. The zero-order valence-corrected chi connectivity index (χ0v) is 6.77. The van der Waals surface area contributed by atoms with Crippen LogP contribution in [-0.4, -0.2) is 29.3 Å². The van der Waals surface area contributed by atoms with Gasteiger partial charge in [0, 0.05) is 25.4 Å². The third kappa shape index (κ3) is 1.41. The number of aliphatic hydroxyl groups excluding tert-OH is 1. The maximum atomic E-state index is 9.28. The Morgan fingerprint density at radius 1 is 1.67 bits per heavy atom.